The van der Waals surface area contributed by atoms with Crippen molar-refractivity contribution >= 4 is 11.6 Å². The van der Waals surface area contributed by atoms with Crippen molar-refractivity contribution in [1.82, 2.24) is 0 Å². The molecule has 0 saturated heterocycles. The van der Waals surface area contributed by atoms with Crippen LogP contribution in [0.1, 0.15) is 32.7 Å². The lowest BCUT2D eigenvalue weighted by atomic mass is 10.0. The number of halogens is 1. The number of carbonyl (C=O) groups is 2. The maximum atomic E-state index is 13.0. The molecule has 0 amide bonds. The van der Waals surface area contributed by atoms with Gasteiger partial charge in [-0.1, -0.05) is 0 Å². The Labute approximate surface area is 173 Å². The zero-order valence-corrected chi connectivity index (χ0v) is 16.1. The molecule has 152 valence electrons. The van der Waals surface area contributed by atoms with Crippen molar-refractivity contribution in [3.05, 3.63) is 89.2 Å². The van der Waals surface area contributed by atoms with E-state index in [1.807, 2.05) is 0 Å². The van der Waals surface area contributed by atoms with Gasteiger partial charge in [0.25, 0.3) is 0 Å². The minimum atomic E-state index is -0.395. The molecule has 0 radical (unpaired) electrons. The SMILES string of the molecule is O=C(COc1ccc(C(=O)c2ccc(F)cc2)cc1)c1ccc2c(c1)OCCCO2. The molecule has 0 N–H and O–H groups in total. The van der Waals surface area contributed by atoms with Crippen molar-refractivity contribution in [2.75, 3.05) is 19.8 Å². The predicted octanol–water partition coefficient (Wildman–Crippen LogP) is 4.48. The topological polar surface area (TPSA) is 61.8 Å². The monoisotopic (exact) mass is 406 g/mol. The number of benzene rings is 3. The molecule has 6 heteroatoms. The molecule has 5 nitrogen and oxygen atoms in total. The Kier molecular flexibility index (Phi) is 5.75. The lowest BCUT2D eigenvalue weighted by molar-refractivity contribution is 0.0920. The van der Waals surface area contributed by atoms with E-state index in [2.05, 4.69) is 0 Å². The van der Waals surface area contributed by atoms with Crippen LogP contribution in [0.25, 0.3) is 0 Å². The lowest BCUT2D eigenvalue weighted by Gasteiger charge is -2.10. The smallest absolute Gasteiger partial charge is 0.200 e. The molecule has 0 saturated carbocycles. The van der Waals surface area contributed by atoms with E-state index in [1.165, 1.54) is 24.3 Å². The van der Waals surface area contributed by atoms with Crippen LogP contribution in [0.3, 0.4) is 0 Å². The van der Waals surface area contributed by atoms with Crippen LogP contribution in [0.5, 0.6) is 17.2 Å². The average molecular weight is 406 g/mol. The molecule has 1 aliphatic heterocycles. The Morgan fingerprint density at radius 1 is 0.800 bits per heavy atom. The molecule has 0 unspecified atom stereocenters. The predicted molar refractivity (Wildman–Crippen MR) is 108 cm³/mol. The molecular formula is C24H19FO5. The van der Waals surface area contributed by atoms with Crippen LogP contribution in [-0.2, 0) is 0 Å². The highest BCUT2D eigenvalue weighted by Gasteiger charge is 2.15. The van der Waals surface area contributed by atoms with Gasteiger partial charge in [0.05, 0.1) is 13.2 Å². The van der Waals surface area contributed by atoms with Crippen LogP contribution in [0.2, 0.25) is 0 Å². The largest absolute Gasteiger partial charge is 0.490 e. The minimum absolute atomic E-state index is 0.148. The number of rotatable bonds is 6. The first-order valence-electron chi connectivity index (χ1n) is 9.56. The Bertz CT molecular complexity index is 1060. The minimum Gasteiger partial charge on any atom is -0.490 e. The Hall–Kier alpha value is -3.67. The number of ether oxygens (including phenoxy) is 3. The van der Waals surface area contributed by atoms with Gasteiger partial charge in [-0.15, -0.1) is 0 Å². The van der Waals surface area contributed by atoms with Crippen molar-refractivity contribution in [3.63, 3.8) is 0 Å². The molecule has 0 aliphatic carbocycles. The summed E-state index contributed by atoms with van der Waals surface area (Å²) >= 11 is 0. The normalized spacial score (nSPS) is 12.7. The highest BCUT2D eigenvalue weighted by molar-refractivity contribution is 6.09. The summed E-state index contributed by atoms with van der Waals surface area (Å²) in [5.41, 5.74) is 1.32. The molecule has 30 heavy (non-hydrogen) atoms. The second-order valence-electron chi connectivity index (χ2n) is 6.78. The second-order valence-corrected chi connectivity index (χ2v) is 6.78. The highest BCUT2D eigenvalue weighted by atomic mass is 19.1. The summed E-state index contributed by atoms with van der Waals surface area (Å²) in [7, 11) is 0. The Morgan fingerprint density at radius 2 is 1.40 bits per heavy atom. The van der Waals surface area contributed by atoms with Gasteiger partial charge in [-0.3, -0.25) is 9.59 Å². The van der Waals surface area contributed by atoms with Gasteiger partial charge < -0.3 is 14.2 Å². The van der Waals surface area contributed by atoms with E-state index in [0.29, 0.717) is 47.2 Å². The van der Waals surface area contributed by atoms with Crippen molar-refractivity contribution in [1.29, 1.82) is 0 Å². The molecule has 0 bridgehead atoms. The fourth-order valence-corrected chi connectivity index (χ4v) is 3.04. The quantitative estimate of drug-likeness (QED) is 0.565. The van der Waals surface area contributed by atoms with E-state index in [9.17, 15) is 14.0 Å². The first-order chi connectivity index (χ1) is 14.6. The van der Waals surface area contributed by atoms with Gasteiger partial charge in [0.15, 0.2) is 29.7 Å². The summed E-state index contributed by atoms with van der Waals surface area (Å²) in [4.78, 5) is 24.9. The van der Waals surface area contributed by atoms with Gasteiger partial charge in [0, 0.05) is 23.1 Å². The van der Waals surface area contributed by atoms with Gasteiger partial charge in [0.2, 0.25) is 0 Å². The number of ketones is 2. The van der Waals surface area contributed by atoms with E-state index in [1.54, 1.807) is 42.5 Å². The van der Waals surface area contributed by atoms with Gasteiger partial charge in [-0.25, -0.2) is 4.39 Å². The van der Waals surface area contributed by atoms with E-state index in [4.69, 9.17) is 14.2 Å². The number of Topliss-reactive ketones (excluding diaryl/α,β-unsaturated/α-hetero) is 1. The molecule has 1 heterocycles. The maximum Gasteiger partial charge on any atom is 0.200 e. The fraction of sp³-hybridized carbons (Fsp3) is 0.167. The zero-order chi connectivity index (χ0) is 20.9. The van der Waals surface area contributed by atoms with Crippen LogP contribution >= 0.6 is 0 Å². The van der Waals surface area contributed by atoms with Crippen LogP contribution < -0.4 is 14.2 Å². The molecule has 0 fully saturated rings. The summed E-state index contributed by atoms with van der Waals surface area (Å²) < 4.78 is 29.8. The maximum absolute atomic E-state index is 13.0. The third-order valence-electron chi connectivity index (χ3n) is 4.66. The first-order valence-corrected chi connectivity index (χ1v) is 9.56. The van der Waals surface area contributed by atoms with Gasteiger partial charge >= 0.3 is 0 Å². The molecule has 1 aliphatic rings. The van der Waals surface area contributed by atoms with E-state index < -0.39 is 5.82 Å². The van der Waals surface area contributed by atoms with Crippen molar-refractivity contribution in [2.24, 2.45) is 0 Å². The highest BCUT2D eigenvalue weighted by Crippen LogP contribution is 2.30. The van der Waals surface area contributed by atoms with Crippen LogP contribution in [0.15, 0.2) is 66.7 Å². The average Bonchev–Trinajstić information content (AvgIpc) is 3.03. The van der Waals surface area contributed by atoms with Crippen molar-refractivity contribution in [3.8, 4) is 17.2 Å². The van der Waals surface area contributed by atoms with Crippen molar-refractivity contribution in [2.45, 2.75) is 6.42 Å². The fourth-order valence-electron chi connectivity index (χ4n) is 3.04. The molecule has 3 aromatic rings. The summed E-state index contributed by atoms with van der Waals surface area (Å²) in [6.45, 7) is 0.984. The second kappa shape index (κ2) is 8.78. The molecule has 0 spiro atoms. The van der Waals surface area contributed by atoms with Crippen LogP contribution in [-0.4, -0.2) is 31.4 Å². The Balaban J connectivity index is 1.38. The number of carbonyl (C=O) groups excluding carboxylic acids is 2. The van der Waals surface area contributed by atoms with E-state index in [0.717, 1.165) is 6.42 Å². The van der Waals surface area contributed by atoms with Gasteiger partial charge in [0.1, 0.15) is 11.6 Å². The summed E-state index contributed by atoms with van der Waals surface area (Å²) in [6, 6.07) is 16.9. The Morgan fingerprint density at radius 3 is 2.10 bits per heavy atom. The number of hydrogen-bond donors (Lipinski definition) is 0. The molecule has 4 rings (SSSR count). The van der Waals surface area contributed by atoms with E-state index >= 15 is 0 Å². The number of hydrogen-bond acceptors (Lipinski definition) is 5. The standard InChI is InChI=1S/C24H19FO5/c25-19-7-2-16(3-8-19)24(27)17-4-9-20(10-5-17)30-15-21(26)18-6-11-22-23(14-18)29-13-1-12-28-22/h2-11,14H,1,12-13,15H2. The van der Waals surface area contributed by atoms with Crippen molar-refractivity contribution < 1.29 is 28.2 Å². The van der Waals surface area contributed by atoms with E-state index in [-0.39, 0.29) is 18.2 Å². The van der Waals surface area contributed by atoms with Gasteiger partial charge in [-0.05, 0) is 66.7 Å². The lowest BCUT2D eigenvalue weighted by Crippen LogP contribution is -2.12. The summed E-state index contributed by atoms with van der Waals surface area (Å²) in [6.07, 6.45) is 0.792. The summed E-state index contributed by atoms with van der Waals surface area (Å²) in [5.74, 6) is 0.845. The van der Waals surface area contributed by atoms with Crippen LogP contribution in [0.4, 0.5) is 4.39 Å². The molecule has 0 aromatic heterocycles. The molecule has 0 atom stereocenters. The zero-order valence-electron chi connectivity index (χ0n) is 16.1. The number of fused-ring (bicyclic) bond motifs is 1. The third kappa shape index (κ3) is 4.49. The molecular weight excluding hydrogens is 387 g/mol. The summed E-state index contributed by atoms with van der Waals surface area (Å²) in [5, 5.41) is 0. The van der Waals surface area contributed by atoms with Gasteiger partial charge in [-0.2, -0.15) is 0 Å². The third-order valence-corrected chi connectivity index (χ3v) is 4.66. The van der Waals surface area contributed by atoms with Crippen LogP contribution in [0, 0.1) is 5.82 Å². The molecule has 3 aromatic carbocycles. The first kappa shape index (κ1) is 19.6.